The van der Waals surface area contributed by atoms with Gasteiger partial charge in [0.05, 0.1) is 11.7 Å². The minimum atomic E-state index is -0.484. The number of phenols is 1. The molecule has 0 saturated carbocycles. The van der Waals surface area contributed by atoms with E-state index in [9.17, 15) is 14.7 Å². The van der Waals surface area contributed by atoms with Gasteiger partial charge >= 0.3 is 6.09 Å². The molecule has 0 radical (unpaired) electrons. The van der Waals surface area contributed by atoms with Gasteiger partial charge < -0.3 is 25.8 Å². The van der Waals surface area contributed by atoms with E-state index in [-0.39, 0.29) is 24.2 Å². The zero-order chi connectivity index (χ0) is 24.7. The Morgan fingerprint density at radius 1 is 1.00 bits per heavy atom. The van der Waals surface area contributed by atoms with Crippen molar-refractivity contribution >= 4 is 29.3 Å². The molecule has 0 spiro atoms. The highest BCUT2D eigenvalue weighted by molar-refractivity contribution is 6.30. The van der Waals surface area contributed by atoms with Gasteiger partial charge in [-0.25, -0.2) is 4.79 Å². The van der Waals surface area contributed by atoms with Crippen molar-refractivity contribution in [3.05, 3.63) is 94.5 Å². The van der Waals surface area contributed by atoms with Crippen molar-refractivity contribution in [1.29, 1.82) is 0 Å². The molecule has 4 N–H and O–H groups in total. The first-order chi connectivity index (χ1) is 16.3. The van der Waals surface area contributed by atoms with E-state index < -0.39 is 12.2 Å². The molecule has 0 aromatic heterocycles. The summed E-state index contributed by atoms with van der Waals surface area (Å²) in [5, 5.41) is 13.1. The molecule has 0 aliphatic heterocycles. The number of hydrogen-bond donors (Lipinski definition) is 3. The van der Waals surface area contributed by atoms with Crippen molar-refractivity contribution in [2.45, 2.75) is 26.0 Å². The summed E-state index contributed by atoms with van der Waals surface area (Å²) in [5.74, 6) is -0.361. The highest BCUT2D eigenvalue weighted by Crippen LogP contribution is 2.26. The average molecular weight is 482 g/mol. The summed E-state index contributed by atoms with van der Waals surface area (Å²) in [6.07, 6.45) is -0.945. The molecule has 0 heterocycles. The lowest BCUT2D eigenvalue weighted by molar-refractivity contribution is 0.0596. The highest BCUT2D eigenvalue weighted by Gasteiger charge is 2.24. The maximum atomic E-state index is 12.9. The van der Waals surface area contributed by atoms with Crippen molar-refractivity contribution in [3.8, 4) is 5.75 Å². The van der Waals surface area contributed by atoms with Crippen molar-refractivity contribution in [3.63, 3.8) is 0 Å². The van der Waals surface area contributed by atoms with Crippen LogP contribution in [0.15, 0.2) is 72.8 Å². The summed E-state index contributed by atoms with van der Waals surface area (Å²) in [6, 6.07) is 20.2. The third kappa shape index (κ3) is 6.27. The molecule has 178 valence electrons. The molecule has 3 rings (SSSR count). The van der Waals surface area contributed by atoms with Crippen LogP contribution in [0.2, 0.25) is 5.02 Å². The first kappa shape index (κ1) is 25.1. The molecule has 0 aliphatic carbocycles. The third-order valence-corrected chi connectivity index (χ3v) is 5.75. The largest absolute Gasteiger partial charge is 0.506 e. The molecule has 3 aromatic carbocycles. The normalized spacial score (nSPS) is 12.5. The Morgan fingerprint density at radius 3 is 2.24 bits per heavy atom. The molecule has 2 amide bonds. The lowest BCUT2D eigenvalue weighted by Gasteiger charge is -2.30. The number of anilines is 1. The molecule has 0 unspecified atom stereocenters. The van der Waals surface area contributed by atoms with Gasteiger partial charge in [0.15, 0.2) is 0 Å². The van der Waals surface area contributed by atoms with Gasteiger partial charge in [-0.3, -0.25) is 4.79 Å². The molecule has 0 saturated heterocycles. The summed E-state index contributed by atoms with van der Waals surface area (Å²) in [7, 11) is 0. The van der Waals surface area contributed by atoms with E-state index in [0.29, 0.717) is 22.8 Å². The van der Waals surface area contributed by atoms with E-state index in [1.165, 1.54) is 6.07 Å². The fourth-order valence-corrected chi connectivity index (χ4v) is 3.60. The zero-order valence-electron chi connectivity index (χ0n) is 19.1. The van der Waals surface area contributed by atoms with Gasteiger partial charge in [-0.2, -0.15) is 0 Å². The van der Waals surface area contributed by atoms with Gasteiger partial charge in [-0.1, -0.05) is 48.0 Å². The Kier molecular flexibility index (Phi) is 8.51. The smallest absolute Gasteiger partial charge is 0.410 e. The molecule has 8 heteroatoms. The Hall–Kier alpha value is -3.55. The molecule has 7 nitrogen and oxygen atoms in total. The predicted molar refractivity (Wildman–Crippen MR) is 133 cm³/mol. The highest BCUT2D eigenvalue weighted by atomic mass is 35.5. The van der Waals surface area contributed by atoms with E-state index in [2.05, 4.69) is 5.32 Å². The fourth-order valence-electron chi connectivity index (χ4n) is 3.47. The summed E-state index contributed by atoms with van der Waals surface area (Å²) < 4.78 is 5.67. The van der Waals surface area contributed by atoms with E-state index in [1.54, 1.807) is 66.4 Å². The zero-order valence-corrected chi connectivity index (χ0v) is 19.8. The van der Waals surface area contributed by atoms with Crippen molar-refractivity contribution in [2.75, 3.05) is 18.4 Å². The summed E-state index contributed by atoms with van der Waals surface area (Å²) in [4.78, 5) is 27.0. The van der Waals surface area contributed by atoms with Crippen molar-refractivity contribution < 1.29 is 19.4 Å². The number of para-hydroxylation sites is 2. The maximum absolute atomic E-state index is 12.9. The summed E-state index contributed by atoms with van der Waals surface area (Å²) >= 11 is 5.94. The number of rotatable bonds is 8. The standard InChI is InChI=1S/C26H28ClN3O4/c1-17(30(16-15-28)26(33)34-18(2)20-11-13-22(27)14-12-20)19-7-9-21(10-8-19)25(32)29-23-5-3-4-6-24(23)31/h3-14,17-18,31H,15-16,28H2,1-2H3,(H,29,32)/t17-,18+/m1/s1. The van der Waals surface area contributed by atoms with Gasteiger partial charge in [0.2, 0.25) is 0 Å². The number of halogens is 1. The SMILES string of the molecule is C[C@H](OC(=O)N(CCN)[C@H](C)c1ccc(C(=O)Nc2ccccc2O)cc1)c1ccc(Cl)cc1. The number of carbonyl (C=O) groups is 2. The molecule has 0 bridgehead atoms. The number of aromatic hydroxyl groups is 1. The monoisotopic (exact) mass is 481 g/mol. The molecular formula is C26H28ClN3O4. The molecule has 3 aromatic rings. The van der Waals surface area contributed by atoms with Gasteiger partial charge in [0.1, 0.15) is 11.9 Å². The summed E-state index contributed by atoms with van der Waals surface area (Å²) in [6.45, 7) is 4.25. The van der Waals surface area contributed by atoms with E-state index in [0.717, 1.165) is 11.1 Å². The van der Waals surface area contributed by atoms with Crippen molar-refractivity contribution in [1.82, 2.24) is 4.90 Å². The van der Waals surface area contributed by atoms with Crippen LogP contribution in [-0.4, -0.2) is 35.1 Å². The quantitative estimate of drug-likeness (QED) is 0.367. The number of nitrogens with one attached hydrogen (secondary N) is 1. The Balaban J connectivity index is 1.69. The topological polar surface area (TPSA) is 105 Å². The van der Waals surface area contributed by atoms with Crippen LogP contribution in [0.25, 0.3) is 0 Å². The van der Waals surface area contributed by atoms with Gasteiger partial charge in [0, 0.05) is 23.7 Å². The number of ether oxygens (including phenoxy) is 1. The van der Waals surface area contributed by atoms with Crippen LogP contribution in [0.5, 0.6) is 5.75 Å². The number of phenolic OH excluding ortho intramolecular Hbond substituents is 1. The minimum absolute atomic E-state index is 0.00939. The number of carbonyl (C=O) groups excluding carboxylic acids is 2. The van der Waals surface area contributed by atoms with Crippen LogP contribution in [0.1, 0.15) is 47.5 Å². The molecule has 0 fully saturated rings. The first-order valence-corrected chi connectivity index (χ1v) is 11.3. The number of amides is 2. The van der Waals surface area contributed by atoms with Gasteiger partial charge in [-0.05, 0) is 61.4 Å². The van der Waals surface area contributed by atoms with Crippen LogP contribution >= 0.6 is 11.6 Å². The number of hydrogen-bond acceptors (Lipinski definition) is 5. The Morgan fingerprint density at radius 2 is 1.62 bits per heavy atom. The molecule has 2 atom stereocenters. The second kappa shape index (κ2) is 11.5. The van der Waals surface area contributed by atoms with Crippen LogP contribution in [-0.2, 0) is 4.74 Å². The molecule has 0 aliphatic rings. The van der Waals surface area contributed by atoms with E-state index in [4.69, 9.17) is 22.1 Å². The summed E-state index contributed by atoms with van der Waals surface area (Å²) in [5.41, 5.74) is 8.16. The van der Waals surface area contributed by atoms with E-state index >= 15 is 0 Å². The number of nitrogens with zero attached hydrogens (tertiary/aromatic N) is 1. The molecular weight excluding hydrogens is 454 g/mol. The van der Waals surface area contributed by atoms with Crippen LogP contribution in [0.3, 0.4) is 0 Å². The maximum Gasteiger partial charge on any atom is 0.410 e. The van der Waals surface area contributed by atoms with Crippen LogP contribution in [0.4, 0.5) is 10.5 Å². The van der Waals surface area contributed by atoms with E-state index in [1.807, 2.05) is 19.1 Å². The Labute approximate surface area is 204 Å². The minimum Gasteiger partial charge on any atom is -0.506 e. The van der Waals surface area contributed by atoms with Crippen molar-refractivity contribution in [2.24, 2.45) is 5.73 Å². The van der Waals surface area contributed by atoms with Crippen LogP contribution < -0.4 is 11.1 Å². The van der Waals surface area contributed by atoms with Crippen LogP contribution in [0, 0.1) is 0 Å². The lowest BCUT2D eigenvalue weighted by Crippen LogP contribution is -2.38. The number of benzene rings is 3. The fraction of sp³-hybridized carbons (Fsp3) is 0.231. The lowest BCUT2D eigenvalue weighted by atomic mass is 10.0. The Bertz CT molecular complexity index is 1120. The number of nitrogens with two attached hydrogens (primary N) is 1. The second-order valence-corrected chi connectivity index (χ2v) is 8.27. The third-order valence-electron chi connectivity index (χ3n) is 5.50. The first-order valence-electron chi connectivity index (χ1n) is 10.9. The molecule has 34 heavy (non-hydrogen) atoms. The average Bonchev–Trinajstić information content (AvgIpc) is 2.84. The van der Waals surface area contributed by atoms with Gasteiger partial charge in [-0.15, -0.1) is 0 Å². The second-order valence-electron chi connectivity index (χ2n) is 7.83. The predicted octanol–water partition coefficient (Wildman–Crippen LogP) is 5.52. The van der Waals surface area contributed by atoms with Gasteiger partial charge in [0.25, 0.3) is 5.91 Å².